The summed E-state index contributed by atoms with van der Waals surface area (Å²) in [5.41, 5.74) is 3.90. The van der Waals surface area contributed by atoms with Crippen LogP contribution < -0.4 is 10.4 Å². The van der Waals surface area contributed by atoms with Crippen LogP contribution >= 0.6 is 11.6 Å². The zero-order chi connectivity index (χ0) is 21.3. The smallest absolute Gasteiger partial charge is 0.152 e. The quantitative estimate of drug-likeness (QED) is 0.494. The first-order chi connectivity index (χ1) is 14.4. The number of hydrogen-bond acceptors (Lipinski definition) is 4. The summed E-state index contributed by atoms with van der Waals surface area (Å²) in [6.07, 6.45) is 5.45. The predicted octanol–water partition coefficient (Wildman–Crippen LogP) is 4.32. The molecule has 2 aromatic carbocycles. The van der Waals surface area contributed by atoms with Gasteiger partial charge in [-0.05, 0) is 32.0 Å². The first kappa shape index (κ1) is 20.0. The number of aromatic nitrogens is 2. The molecule has 4 rings (SSSR count). The van der Waals surface area contributed by atoms with E-state index in [1.807, 2.05) is 66.9 Å². The molecule has 0 radical (unpaired) electrons. The van der Waals surface area contributed by atoms with Crippen molar-refractivity contribution in [3.63, 3.8) is 0 Å². The van der Waals surface area contributed by atoms with Gasteiger partial charge in [0.15, 0.2) is 5.82 Å². The lowest BCUT2D eigenvalue weighted by molar-refractivity contribution is -0.308. The van der Waals surface area contributed by atoms with E-state index in [4.69, 9.17) is 11.6 Å². The second-order valence-electron chi connectivity index (χ2n) is 7.45. The fourth-order valence-electron chi connectivity index (χ4n) is 3.94. The highest BCUT2D eigenvalue weighted by Gasteiger charge is 2.34. The molecule has 6 heteroatoms. The van der Waals surface area contributed by atoms with Gasteiger partial charge in [0.25, 0.3) is 0 Å². The van der Waals surface area contributed by atoms with Crippen LogP contribution in [0.15, 0.2) is 90.2 Å². The molecular weight excluding hydrogens is 398 g/mol. The second kappa shape index (κ2) is 7.84. The number of anilines is 2. The molecule has 0 atom stereocenters. The number of halogens is 1. The summed E-state index contributed by atoms with van der Waals surface area (Å²) in [6.45, 7) is 3.54. The van der Waals surface area contributed by atoms with E-state index in [-0.39, 0.29) is 0 Å². The van der Waals surface area contributed by atoms with Gasteiger partial charge in [-0.1, -0.05) is 59.7 Å². The maximum atomic E-state index is 11.5. The van der Waals surface area contributed by atoms with Crippen LogP contribution in [0.4, 0.5) is 11.5 Å². The number of hydrogen-bond donors (Lipinski definition) is 1. The molecule has 1 N–H and O–H groups in total. The number of nitrogens with one attached hydrogen (secondary N) is 1. The number of benzene rings is 2. The van der Waals surface area contributed by atoms with Gasteiger partial charge in [0.05, 0.1) is 11.7 Å². The molecule has 0 fully saturated rings. The van der Waals surface area contributed by atoms with Gasteiger partial charge in [0.1, 0.15) is 4.87 Å². The molecular formula is C24H21ClN3O2-. The molecule has 0 bridgehead atoms. The normalized spacial score (nSPS) is 21.0. The van der Waals surface area contributed by atoms with E-state index in [0.29, 0.717) is 17.0 Å². The molecule has 1 heterocycles. The number of alkyl halides is 1. The van der Waals surface area contributed by atoms with Crippen molar-refractivity contribution in [2.75, 3.05) is 5.32 Å². The Balaban J connectivity index is 1.67. The Morgan fingerprint density at radius 3 is 2.33 bits per heavy atom. The Labute approximate surface area is 180 Å². The maximum absolute atomic E-state index is 11.5. The van der Waals surface area contributed by atoms with Crippen LogP contribution in [-0.2, 0) is 9.67 Å². The van der Waals surface area contributed by atoms with E-state index in [1.165, 1.54) is 0 Å². The Hall–Kier alpha value is -3.31. The minimum atomic E-state index is -1.12. The Morgan fingerprint density at radius 2 is 1.67 bits per heavy atom. The average Bonchev–Trinajstić information content (AvgIpc) is 3.16. The first-order valence-electron chi connectivity index (χ1n) is 9.63. The van der Waals surface area contributed by atoms with E-state index >= 15 is 0 Å². The summed E-state index contributed by atoms with van der Waals surface area (Å²) in [4.78, 5) is 10.5. The molecule has 5 nitrogen and oxygen atoms in total. The zero-order valence-electron chi connectivity index (χ0n) is 16.7. The number of carboxylic acids is 1. The standard InChI is InChI=1S/C24H22ClN3O2/c1-16-14-24(25,15-17(2)22(16)23(29)30)19-10-6-7-11-20(19)26-21-12-13-28(27-21)18-8-4-3-5-9-18/h3-15,22H,1-2H3,(H,26,27)(H,29,30)/p-1. The lowest BCUT2D eigenvalue weighted by atomic mass is 9.80. The number of carbonyl (C=O) groups is 1. The molecule has 0 aliphatic heterocycles. The minimum Gasteiger partial charge on any atom is -0.549 e. The Bertz CT molecular complexity index is 1130. The lowest BCUT2D eigenvalue weighted by Gasteiger charge is -2.33. The van der Waals surface area contributed by atoms with Gasteiger partial charge in [-0.25, -0.2) is 4.68 Å². The largest absolute Gasteiger partial charge is 0.549 e. The van der Waals surface area contributed by atoms with Crippen molar-refractivity contribution in [3.05, 3.63) is 95.7 Å². The topological polar surface area (TPSA) is 70.0 Å². The third-order valence-corrected chi connectivity index (χ3v) is 5.66. The van der Waals surface area contributed by atoms with Crippen LogP contribution in [0.2, 0.25) is 0 Å². The van der Waals surface area contributed by atoms with Crippen molar-refractivity contribution in [1.29, 1.82) is 0 Å². The number of allylic oxidation sites excluding steroid dienone is 2. The molecule has 0 saturated heterocycles. The number of nitrogens with zero attached hydrogens (tertiary/aromatic N) is 2. The van der Waals surface area contributed by atoms with Crippen molar-refractivity contribution in [2.45, 2.75) is 18.7 Å². The molecule has 0 spiro atoms. The number of aliphatic carboxylic acids is 1. The molecule has 30 heavy (non-hydrogen) atoms. The summed E-state index contributed by atoms with van der Waals surface area (Å²) < 4.78 is 1.79. The van der Waals surface area contributed by atoms with Crippen molar-refractivity contribution < 1.29 is 9.90 Å². The second-order valence-corrected chi connectivity index (χ2v) is 8.07. The third-order valence-electron chi connectivity index (χ3n) is 5.23. The van der Waals surface area contributed by atoms with Gasteiger partial charge in [0, 0.05) is 29.4 Å². The molecule has 1 aromatic heterocycles. The van der Waals surface area contributed by atoms with E-state index in [2.05, 4.69) is 10.4 Å². The SMILES string of the molecule is CC1=CC(Cl)(c2ccccc2Nc2ccn(-c3ccccc3)n2)C=C(C)C1C(=O)[O-]. The molecule has 152 valence electrons. The Morgan fingerprint density at radius 1 is 1.03 bits per heavy atom. The van der Waals surface area contributed by atoms with E-state index in [9.17, 15) is 9.90 Å². The van der Waals surface area contributed by atoms with Gasteiger partial charge in [-0.3, -0.25) is 0 Å². The highest BCUT2D eigenvalue weighted by atomic mass is 35.5. The molecule has 1 aliphatic carbocycles. The van der Waals surface area contributed by atoms with Crippen LogP contribution in [0.5, 0.6) is 0 Å². The van der Waals surface area contributed by atoms with Gasteiger partial charge in [-0.15, -0.1) is 11.6 Å². The van der Waals surface area contributed by atoms with Crippen molar-refractivity contribution in [3.8, 4) is 5.69 Å². The van der Waals surface area contributed by atoms with Crippen molar-refractivity contribution in [2.24, 2.45) is 5.92 Å². The Kier molecular flexibility index (Phi) is 5.22. The minimum absolute atomic E-state index is 0.660. The van der Waals surface area contributed by atoms with Crippen LogP contribution in [0, 0.1) is 5.92 Å². The van der Waals surface area contributed by atoms with Gasteiger partial charge in [0.2, 0.25) is 0 Å². The fraction of sp³-hybridized carbons (Fsp3) is 0.167. The van der Waals surface area contributed by atoms with Crippen molar-refractivity contribution >= 4 is 29.1 Å². The molecule has 3 aromatic rings. The molecule has 1 aliphatic rings. The highest BCUT2D eigenvalue weighted by Crippen LogP contribution is 2.44. The van der Waals surface area contributed by atoms with Crippen molar-refractivity contribution in [1.82, 2.24) is 9.78 Å². The third kappa shape index (κ3) is 3.76. The highest BCUT2D eigenvalue weighted by molar-refractivity contribution is 6.27. The summed E-state index contributed by atoms with van der Waals surface area (Å²) in [5.74, 6) is -1.19. The maximum Gasteiger partial charge on any atom is 0.152 e. The summed E-state index contributed by atoms with van der Waals surface area (Å²) in [6, 6.07) is 19.4. The summed E-state index contributed by atoms with van der Waals surface area (Å²) >= 11 is 7.00. The van der Waals surface area contributed by atoms with Gasteiger partial charge in [-0.2, -0.15) is 5.10 Å². The van der Waals surface area contributed by atoms with Crippen LogP contribution in [0.25, 0.3) is 5.69 Å². The number of para-hydroxylation sites is 2. The molecule has 0 amide bonds. The van der Waals surface area contributed by atoms with Crippen LogP contribution in [0.1, 0.15) is 19.4 Å². The average molecular weight is 419 g/mol. The molecule has 0 saturated carbocycles. The van der Waals surface area contributed by atoms with E-state index < -0.39 is 16.8 Å². The molecule has 0 unspecified atom stereocenters. The van der Waals surface area contributed by atoms with E-state index in [0.717, 1.165) is 16.9 Å². The number of carbonyl (C=O) groups excluding carboxylic acids is 1. The zero-order valence-corrected chi connectivity index (χ0v) is 17.4. The van der Waals surface area contributed by atoms with Gasteiger partial charge < -0.3 is 15.2 Å². The van der Waals surface area contributed by atoms with Crippen LogP contribution in [-0.4, -0.2) is 15.7 Å². The first-order valence-corrected chi connectivity index (χ1v) is 10.0. The predicted molar refractivity (Wildman–Crippen MR) is 117 cm³/mol. The lowest BCUT2D eigenvalue weighted by Crippen LogP contribution is -2.35. The monoisotopic (exact) mass is 418 g/mol. The number of carboxylic acid groups (broad SMARTS) is 1. The van der Waals surface area contributed by atoms with Crippen LogP contribution in [0.3, 0.4) is 0 Å². The summed E-state index contributed by atoms with van der Waals surface area (Å²) in [5, 5.41) is 19.4. The van der Waals surface area contributed by atoms with Gasteiger partial charge >= 0.3 is 0 Å². The summed E-state index contributed by atoms with van der Waals surface area (Å²) in [7, 11) is 0. The van der Waals surface area contributed by atoms with E-state index in [1.54, 1.807) is 30.7 Å². The fourth-order valence-corrected chi connectivity index (χ4v) is 4.45. The number of rotatable bonds is 5.